The zero-order chi connectivity index (χ0) is 21.8. The Labute approximate surface area is 173 Å². The molecule has 0 radical (unpaired) electrons. The van der Waals surface area contributed by atoms with Crippen LogP contribution in [0.5, 0.6) is 0 Å². The van der Waals surface area contributed by atoms with Crippen LogP contribution in [0.15, 0.2) is 18.2 Å². The van der Waals surface area contributed by atoms with Gasteiger partial charge in [0.2, 0.25) is 11.8 Å². The van der Waals surface area contributed by atoms with Crippen LogP contribution in [-0.2, 0) is 20.7 Å². The lowest BCUT2D eigenvalue weighted by Crippen LogP contribution is -2.75. The van der Waals surface area contributed by atoms with E-state index in [2.05, 4.69) is 5.32 Å². The van der Waals surface area contributed by atoms with E-state index in [0.717, 1.165) is 10.6 Å². The van der Waals surface area contributed by atoms with Gasteiger partial charge in [-0.25, -0.2) is 4.79 Å². The zero-order valence-corrected chi connectivity index (χ0v) is 17.1. The Bertz CT molecular complexity index is 949. The molecule has 10 nitrogen and oxygen atoms in total. The number of carbonyl (C=O) groups is 3. The summed E-state index contributed by atoms with van der Waals surface area (Å²) in [4.78, 5) is 53.1. The van der Waals surface area contributed by atoms with Gasteiger partial charge < -0.3 is 9.64 Å². The number of hydrogen-bond donors (Lipinski definition) is 1. The maximum atomic E-state index is 13.7. The highest BCUT2D eigenvalue weighted by Crippen LogP contribution is 2.48. The molecule has 160 valence electrons. The van der Waals surface area contributed by atoms with Crippen molar-refractivity contribution in [3.05, 3.63) is 33.9 Å². The molecule has 4 amide bonds. The topological polar surface area (TPSA) is 122 Å². The first kappa shape index (κ1) is 20.3. The number of barbiturate groups is 1. The van der Waals surface area contributed by atoms with Crippen LogP contribution in [-0.4, -0.2) is 59.0 Å². The molecule has 0 saturated carbocycles. The lowest BCUT2D eigenvalue weighted by molar-refractivity contribution is -0.384. The fourth-order valence-corrected chi connectivity index (χ4v) is 5.10. The van der Waals surface area contributed by atoms with Crippen molar-refractivity contribution < 1.29 is 24.0 Å². The number of nitro benzene ring substituents is 1. The van der Waals surface area contributed by atoms with Crippen molar-refractivity contribution in [2.24, 2.45) is 5.41 Å². The van der Waals surface area contributed by atoms with Crippen molar-refractivity contribution in [3.63, 3.8) is 0 Å². The molecule has 0 bridgehead atoms. The molecule has 0 aromatic heterocycles. The van der Waals surface area contributed by atoms with Gasteiger partial charge in [0.05, 0.1) is 23.2 Å². The third-order valence-electron chi connectivity index (χ3n) is 6.18. The van der Waals surface area contributed by atoms with Crippen LogP contribution in [0, 0.1) is 15.5 Å². The number of anilines is 1. The summed E-state index contributed by atoms with van der Waals surface area (Å²) in [6, 6.07) is 3.14. The number of rotatable bonds is 3. The molecule has 10 heteroatoms. The third kappa shape index (κ3) is 2.78. The number of urea groups is 1. The van der Waals surface area contributed by atoms with E-state index in [1.165, 1.54) is 12.1 Å². The van der Waals surface area contributed by atoms with Crippen LogP contribution in [0.4, 0.5) is 16.2 Å². The van der Waals surface area contributed by atoms with Gasteiger partial charge in [0.1, 0.15) is 0 Å². The van der Waals surface area contributed by atoms with Gasteiger partial charge in [-0.1, -0.05) is 6.92 Å². The molecular weight excluding hydrogens is 392 g/mol. The van der Waals surface area contributed by atoms with Crippen LogP contribution in [0.1, 0.15) is 32.8 Å². The molecule has 30 heavy (non-hydrogen) atoms. The van der Waals surface area contributed by atoms with Gasteiger partial charge in [-0.3, -0.25) is 29.9 Å². The fraction of sp³-hybridized carbons (Fsp3) is 0.550. The minimum absolute atomic E-state index is 0.0363. The van der Waals surface area contributed by atoms with Gasteiger partial charge in [-0.05, 0) is 31.9 Å². The maximum absolute atomic E-state index is 13.7. The highest BCUT2D eigenvalue weighted by atomic mass is 16.6. The zero-order valence-electron chi connectivity index (χ0n) is 17.1. The van der Waals surface area contributed by atoms with Gasteiger partial charge in [0.15, 0.2) is 5.41 Å². The highest BCUT2D eigenvalue weighted by molar-refractivity contribution is 6.20. The average Bonchev–Trinajstić information content (AvgIpc) is 2.68. The quantitative estimate of drug-likeness (QED) is 0.451. The first-order valence-electron chi connectivity index (χ1n) is 10.1. The number of nitrogens with zero attached hydrogens (tertiary/aromatic N) is 3. The summed E-state index contributed by atoms with van der Waals surface area (Å²) in [6.45, 7) is 6.15. The molecule has 2 fully saturated rings. The van der Waals surface area contributed by atoms with E-state index >= 15 is 0 Å². The molecule has 1 aromatic rings. The van der Waals surface area contributed by atoms with Gasteiger partial charge in [-0.2, -0.15) is 0 Å². The van der Waals surface area contributed by atoms with Crippen LogP contribution >= 0.6 is 0 Å². The van der Waals surface area contributed by atoms with E-state index in [1.807, 2.05) is 25.7 Å². The number of nitro groups is 1. The molecule has 0 aliphatic carbocycles. The van der Waals surface area contributed by atoms with Crippen molar-refractivity contribution in [1.82, 2.24) is 10.2 Å². The molecular formula is C20H24N4O6. The van der Waals surface area contributed by atoms with Gasteiger partial charge in [0.25, 0.3) is 5.69 Å². The minimum Gasteiger partial charge on any atom is -0.372 e. The average molecular weight is 416 g/mol. The van der Waals surface area contributed by atoms with Crippen LogP contribution in [0.3, 0.4) is 0 Å². The van der Waals surface area contributed by atoms with Crippen LogP contribution in [0.25, 0.3) is 0 Å². The smallest absolute Gasteiger partial charge is 0.330 e. The number of amides is 4. The van der Waals surface area contributed by atoms with Crippen molar-refractivity contribution in [1.29, 1.82) is 0 Å². The van der Waals surface area contributed by atoms with Gasteiger partial charge in [-0.15, -0.1) is 0 Å². The van der Waals surface area contributed by atoms with Crippen molar-refractivity contribution in [2.75, 3.05) is 18.0 Å². The van der Waals surface area contributed by atoms with Crippen LogP contribution in [0.2, 0.25) is 0 Å². The summed E-state index contributed by atoms with van der Waals surface area (Å²) in [5, 5.41) is 13.7. The molecule has 3 aliphatic rings. The highest BCUT2D eigenvalue weighted by Gasteiger charge is 2.64. The number of nitrogens with one attached hydrogen (secondary N) is 1. The predicted molar refractivity (Wildman–Crippen MR) is 106 cm³/mol. The number of benzene rings is 1. The number of non-ortho nitro benzene ring substituents is 1. The van der Waals surface area contributed by atoms with E-state index in [0.29, 0.717) is 18.5 Å². The molecule has 4 atom stereocenters. The number of fused-ring (bicyclic) bond motifs is 4. The Morgan fingerprint density at radius 2 is 2.03 bits per heavy atom. The van der Waals surface area contributed by atoms with Crippen molar-refractivity contribution in [3.8, 4) is 0 Å². The third-order valence-corrected chi connectivity index (χ3v) is 6.18. The normalized spacial score (nSPS) is 30.8. The number of carbonyl (C=O) groups excluding carboxylic acids is 3. The minimum atomic E-state index is -1.61. The van der Waals surface area contributed by atoms with Gasteiger partial charge >= 0.3 is 6.03 Å². The first-order chi connectivity index (χ1) is 14.2. The second-order valence-corrected chi connectivity index (χ2v) is 8.18. The summed E-state index contributed by atoms with van der Waals surface area (Å²) < 4.78 is 5.99. The van der Waals surface area contributed by atoms with Crippen molar-refractivity contribution in [2.45, 2.75) is 51.9 Å². The Morgan fingerprint density at radius 1 is 1.30 bits per heavy atom. The van der Waals surface area contributed by atoms with E-state index in [-0.39, 0.29) is 24.8 Å². The lowest BCUT2D eigenvalue weighted by atomic mass is 9.66. The van der Waals surface area contributed by atoms with E-state index in [1.54, 1.807) is 6.07 Å². The summed E-state index contributed by atoms with van der Waals surface area (Å²) in [5.41, 5.74) is -0.430. The van der Waals surface area contributed by atoms with E-state index in [4.69, 9.17) is 4.74 Å². The Morgan fingerprint density at radius 3 is 2.70 bits per heavy atom. The number of ether oxygens (including phenoxy) is 1. The van der Waals surface area contributed by atoms with Crippen LogP contribution < -0.4 is 10.2 Å². The monoisotopic (exact) mass is 416 g/mol. The largest absolute Gasteiger partial charge is 0.372 e. The number of imide groups is 2. The number of hydrogen-bond acceptors (Lipinski definition) is 7. The Hall–Kier alpha value is -3.01. The summed E-state index contributed by atoms with van der Waals surface area (Å²) in [6.07, 6.45) is -0.123. The summed E-state index contributed by atoms with van der Waals surface area (Å²) in [5.74, 6) is -1.25. The Balaban J connectivity index is 1.91. The standard InChI is InChI=1S/C20H24N4O6/c1-4-7-22-18(26)20(17(25)21-19(22)27)9-13-8-14(24(28)29)5-6-15(13)23-10-11(2)30-12(3)16(20)23/h5-6,8,11-12,16H,4,7,9-10H2,1-3H3,(H,21,25,27)/t11-,12+,16-,20+/m1/s1. The molecule has 3 heterocycles. The summed E-state index contributed by atoms with van der Waals surface area (Å²) in [7, 11) is 0. The fourth-order valence-electron chi connectivity index (χ4n) is 5.10. The molecule has 4 rings (SSSR count). The maximum Gasteiger partial charge on any atom is 0.330 e. The van der Waals surface area contributed by atoms with E-state index < -0.39 is 40.3 Å². The second-order valence-electron chi connectivity index (χ2n) is 8.18. The molecule has 0 unspecified atom stereocenters. The van der Waals surface area contributed by atoms with Crippen molar-refractivity contribution >= 4 is 29.2 Å². The predicted octanol–water partition coefficient (Wildman–Crippen LogP) is 1.61. The number of morpholine rings is 1. The van der Waals surface area contributed by atoms with Gasteiger partial charge in [0, 0.05) is 37.3 Å². The lowest BCUT2D eigenvalue weighted by Gasteiger charge is -2.56. The molecule has 1 spiro atoms. The molecule has 1 N–H and O–H groups in total. The first-order valence-corrected chi connectivity index (χ1v) is 10.1. The summed E-state index contributed by atoms with van der Waals surface area (Å²) >= 11 is 0. The Kier molecular flexibility index (Phi) is 4.76. The molecule has 1 aromatic carbocycles. The second kappa shape index (κ2) is 7.05. The SMILES string of the molecule is CCCN1C(=O)NC(=O)[C@@]2(Cc3cc([N+](=O)[O-])ccc3N3C[C@@H](C)O[C@@H](C)[C@@H]32)C1=O. The molecule has 2 saturated heterocycles. The van der Waals surface area contributed by atoms with E-state index in [9.17, 15) is 24.5 Å². The molecule has 3 aliphatic heterocycles.